The second-order valence-corrected chi connectivity index (χ2v) is 12.5. The number of aromatic nitrogens is 3. The van der Waals surface area contributed by atoms with Crippen molar-refractivity contribution in [1.29, 1.82) is 0 Å². The summed E-state index contributed by atoms with van der Waals surface area (Å²) in [5.74, 6) is 0.697. The molecule has 0 aliphatic heterocycles. The average molecular weight is 638 g/mol. The highest BCUT2D eigenvalue weighted by Crippen LogP contribution is 2.35. The lowest BCUT2D eigenvalue weighted by molar-refractivity contribution is 1.18. The highest BCUT2D eigenvalue weighted by molar-refractivity contribution is 5.98. The molecule has 0 saturated carbocycles. The highest BCUT2D eigenvalue weighted by atomic mass is 14.9. The summed E-state index contributed by atoms with van der Waals surface area (Å²) in [4.78, 5) is 14.7. The second-order valence-electron chi connectivity index (χ2n) is 12.5. The molecule has 234 valence electrons. The molecule has 2 heterocycles. The predicted molar refractivity (Wildman–Crippen MR) is 207 cm³/mol. The van der Waals surface area contributed by atoms with Crippen molar-refractivity contribution >= 4 is 21.5 Å². The first-order valence-electron chi connectivity index (χ1n) is 16.8. The van der Waals surface area contributed by atoms with E-state index < -0.39 is 0 Å². The molecule has 0 fully saturated rings. The van der Waals surface area contributed by atoms with Crippen LogP contribution in [0, 0.1) is 0 Å². The fraction of sp³-hybridized carbons (Fsp3) is 0. The van der Waals surface area contributed by atoms with Crippen LogP contribution in [0.15, 0.2) is 188 Å². The first-order valence-corrected chi connectivity index (χ1v) is 16.8. The van der Waals surface area contributed by atoms with Crippen LogP contribution in [0.1, 0.15) is 0 Å². The van der Waals surface area contributed by atoms with Crippen molar-refractivity contribution in [3.8, 4) is 67.3 Å². The van der Waals surface area contributed by atoms with Crippen molar-refractivity contribution < 1.29 is 0 Å². The van der Waals surface area contributed by atoms with Gasteiger partial charge in [-0.05, 0) is 73.1 Å². The molecule has 9 aromatic rings. The molecular weight excluding hydrogens is 607 g/mol. The first kappa shape index (κ1) is 29.4. The van der Waals surface area contributed by atoms with Gasteiger partial charge >= 0.3 is 0 Å². The fourth-order valence-electron chi connectivity index (χ4n) is 6.84. The minimum absolute atomic E-state index is 0.697. The van der Waals surface area contributed by atoms with Crippen molar-refractivity contribution in [2.45, 2.75) is 0 Å². The van der Waals surface area contributed by atoms with E-state index in [0.717, 1.165) is 55.9 Å². The van der Waals surface area contributed by atoms with E-state index in [1.165, 1.54) is 27.1 Å². The highest BCUT2D eigenvalue weighted by Gasteiger charge is 2.14. The molecule has 0 aliphatic carbocycles. The number of benzene rings is 7. The predicted octanol–water partition coefficient (Wildman–Crippen LogP) is 12.2. The van der Waals surface area contributed by atoms with E-state index in [1.54, 1.807) is 6.20 Å². The van der Waals surface area contributed by atoms with Gasteiger partial charge in [-0.2, -0.15) is 0 Å². The second kappa shape index (κ2) is 12.7. The molecule has 0 bridgehead atoms. The molecule has 0 atom stereocenters. The van der Waals surface area contributed by atoms with Gasteiger partial charge in [-0.1, -0.05) is 158 Å². The van der Waals surface area contributed by atoms with Gasteiger partial charge in [0.2, 0.25) is 0 Å². The van der Waals surface area contributed by atoms with Crippen molar-refractivity contribution in [3.05, 3.63) is 188 Å². The van der Waals surface area contributed by atoms with Crippen molar-refractivity contribution in [2.24, 2.45) is 0 Å². The molecule has 2 aromatic heterocycles. The summed E-state index contributed by atoms with van der Waals surface area (Å²) in [5.41, 5.74) is 11.8. The van der Waals surface area contributed by atoms with Gasteiger partial charge in [-0.15, -0.1) is 0 Å². The zero-order valence-electron chi connectivity index (χ0n) is 27.2. The third-order valence-corrected chi connectivity index (χ3v) is 9.41. The maximum atomic E-state index is 5.23. The van der Waals surface area contributed by atoms with Gasteiger partial charge in [0.15, 0.2) is 5.82 Å². The Morgan fingerprint density at radius 3 is 1.52 bits per heavy atom. The topological polar surface area (TPSA) is 38.7 Å². The molecule has 0 unspecified atom stereocenters. The monoisotopic (exact) mass is 637 g/mol. The van der Waals surface area contributed by atoms with Crippen molar-refractivity contribution in [3.63, 3.8) is 0 Å². The molecule has 50 heavy (non-hydrogen) atoms. The third kappa shape index (κ3) is 5.61. The van der Waals surface area contributed by atoms with E-state index >= 15 is 0 Å². The van der Waals surface area contributed by atoms with E-state index in [1.807, 2.05) is 12.3 Å². The zero-order valence-corrected chi connectivity index (χ0v) is 27.2. The van der Waals surface area contributed by atoms with Crippen molar-refractivity contribution in [2.75, 3.05) is 0 Å². The Morgan fingerprint density at radius 2 is 0.840 bits per heavy atom. The number of hydrogen-bond donors (Lipinski definition) is 0. The maximum absolute atomic E-state index is 5.23. The Morgan fingerprint density at radius 1 is 0.320 bits per heavy atom. The smallest absolute Gasteiger partial charge is 0.160 e. The van der Waals surface area contributed by atoms with Gasteiger partial charge in [-0.3, -0.25) is 4.98 Å². The van der Waals surface area contributed by atoms with Gasteiger partial charge in [-0.25, -0.2) is 9.97 Å². The molecule has 0 radical (unpaired) electrons. The quantitative estimate of drug-likeness (QED) is 0.182. The van der Waals surface area contributed by atoms with Gasteiger partial charge < -0.3 is 0 Å². The van der Waals surface area contributed by atoms with Gasteiger partial charge in [0.25, 0.3) is 0 Å². The minimum atomic E-state index is 0.697. The first-order chi connectivity index (χ1) is 24.8. The van der Waals surface area contributed by atoms with E-state index in [-0.39, 0.29) is 0 Å². The van der Waals surface area contributed by atoms with Crippen LogP contribution in [0.25, 0.3) is 88.8 Å². The number of rotatable bonds is 6. The van der Waals surface area contributed by atoms with Crippen LogP contribution < -0.4 is 0 Å². The number of pyridine rings is 1. The van der Waals surface area contributed by atoms with Gasteiger partial charge in [0, 0.05) is 29.1 Å². The van der Waals surface area contributed by atoms with Gasteiger partial charge in [0.05, 0.1) is 11.4 Å². The Bertz CT molecular complexity index is 2620. The molecule has 0 N–H and O–H groups in total. The van der Waals surface area contributed by atoms with Crippen molar-refractivity contribution in [1.82, 2.24) is 15.0 Å². The lowest BCUT2D eigenvalue weighted by atomic mass is 9.96. The summed E-state index contributed by atoms with van der Waals surface area (Å²) in [6.45, 7) is 0. The van der Waals surface area contributed by atoms with Crippen LogP contribution in [0.5, 0.6) is 0 Å². The normalized spacial score (nSPS) is 11.2. The lowest BCUT2D eigenvalue weighted by Gasteiger charge is -2.13. The van der Waals surface area contributed by atoms with Crippen LogP contribution in [0.3, 0.4) is 0 Å². The minimum Gasteiger partial charge on any atom is -0.264 e. The Kier molecular flexibility index (Phi) is 7.49. The Hall–Kier alpha value is -6.71. The molecule has 3 heteroatoms. The number of nitrogens with zero attached hydrogens (tertiary/aromatic N) is 3. The van der Waals surface area contributed by atoms with E-state index in [9.17, 15) is 0 Å². The molecular formula is C47H31N3. The van der Waals surface area contributed by atoms with Crippen LogP contribution in [-0.4, -0.2) is 15.0 Å². The number of hydrogen-bond acceptors (Lipinski definition) is 3. The fourth-order valence-corrected chi connectivity index (χ4v) is 6.84. The molecule has 0 saturated heterocycles. The van der Waals surface area contributed by atoms with Crippen LogP contribution >= 0.6 is 0 Å². The SMILES string of the molecule is c1cncc(-c2ccc(-c3ccc(-c4cc(-c5cccc6ccccc56)nc(-c5cccc(-c6cccc7ccccc67)c5)n4)cc3)cc2)c1. The summed E-state index contributed by atoms with van der Waals surface area (Å²) in [6.07, 6.45) is 3.70. The van der Waals surface area contributed by atoms with E-state index in [4.69, 9.17) is 9.97 Å². The van der Waals surface area contributed by atoms with Gasteiger partial charge in [0.1, 0.15) is 0 Å². The molecule has 7 aromatic carbocycles. The van der Waals surface area contributed by atoms with Crippen LogP contribution in [-0.2, 0) is 0 Å². The van der Waals surface area contributed by atoms with Crippen LogP contribution in [0.4, 0.5) is 0 Å². The van der Waals surface area contributed by atoms with Crippen LogP contribution in [0.2, 0.25) is 0 Å². The molecule has 0 amide bonds. The Labute approximate surface area is 291 Å². The Balaban J connectivity index is 1.14. The number of fused-ring (bicyclic) bond motifs is 2. The molecule has 0 spiro atoms. The summed E-state index contributed by atoms with van der Waals surface area (Å²) in [5, 5.41) is 4.80. The van der Waals surface area contributed by atoms with E-state index in [0.29, 0.717) is 5.82 Å². The average Bonchev–Trinajstić information content (AvgIpc) is 3.21. The summed E-state index contributed by atoms with van der Waals surface area (Å²) in [6, 6.07) is 62.0. The summed E-state index contributed by atoms with van der Waals surface area (Å²) < 4.78 is 0. The third-order valence-electron chi connectivity index (χ3n) is 9.41. The maximum Gasteiger partial charge on any atom is 0.160 e. The van der Waals surface area contributed by atoms with E-state index in [2.05, 4.69) is 175 Å². The summed E-state index contributed by atoms with van der Waals surface area (Å²) in [7, 11) is 0. The largest absolute Gasteiger partial charge is 0.264 e. The zero-order chi connectivity index (χ0) is 33.3. The standard InChI is InChI=1S/C47H31N3/c1-3-16-41-35(9-1)11-6-18-43(41)38-13-5-14-39(29-38)47-49-45(30-46(50-47)44-19-7-12-36-10-2-4-17-42(36)44)37-26-24-33(25-27-37)32-20-22-34(23-21-32)40-15-8-28-48-31-40/h1-31H. The molecule has 9 rings (SSSR count). The summed E-state index contributed by atoms with van der Waals surface area (Å²) >= 11 is 0. The molecule has 3 nitrogen and oxygen atoms in total. The lowest BCUT2D eigenvalue weighted by Crippen LogP contribution is -1.97. The molecule has 0 aliphatic rings.